The van der Waals surface area contributed by atoms with E-state index >= 15 is 0 Å². The topological polar surface area (TPSA) is 81.9 Å². The van der Waals surface area contributed by atoms with Gasteiger partial charge in [0.1, 0.15) is 12.1 Å². The third-order valence-electron chi connectivity index (χ3n) is 3.20. The fraction of sp³-hybridized carbons (Fsp3) is 0.125. The molecular formula is C16H14ClN5O2. The Morgan fingerprint density at radius 1 is 1.21 bits per heavy atom. The molecule has 7 nitrogen and oxygen atoms in total. The number of hydrogen-bond acceptors (Lipinski definition) is 5. The van der Waals surface area contributed by atoms with E-state index in [1.165, 1.54) is 11.0 Å². The molecule has 1 N–H and O–H groups in total. The first kappa shape index (κ1) is 15.9. The summed E-state index contributed by atoms with van der Waals surface area (Å²) in [6.45, 7) is 0.344. The van der Waals surface area contributed by atoms with Gasteiger partial charge in [-0.25, -0.2) is 4.68 Å². The number of nitrogens with one attached hydrogen (secondary N) is 1. The van der Waals surface area contributed by atoms with E-state index in [4.69, 9.17) is 16.3 Å². The molecule has 1 aromatic heterocycles. The van der Waals surface area contributed by atoms with Crippen LogP contribution in [0, 0.1) is 0 Å². The van der Waals surface area contributed by atoms with Crippen LogP contribution in [0.15, 0.2) is 54.9 Å². The molecule has 0 bridgehead atoms. The first-order valence-electron chi connectivity index (χ1n) is 7.18. The Morgan fingerprint density at radius 3 is 2.79 bits per heavy atom. The van der Waals surface area contributed by atoms with Crippen LogP contribution in [-0.2, 0) is 11.3 Å². The molecule has 2 aromatic carbocycles. The molecule has 3 rings (SSSR count). The number of nitrogens with zero attached hydrogens (tertiary/aromatic N) is 4. The highest BCUT2D eigenvalue weighted by atomic mass is 35.5. The second-order valence-electron chi connectivity index (χ2n) is 4.94. The number of carbonyl (C=O) groups excluding carboxylic acids is 1. The largest absolute Gasteiger partial charge is 0.484 e. The maximum absolute atomic E-state index is 11.9. The van der Waals surface area contributed by atoms with Gasteiger partial charge >= 0.3 is 0 Å². The minimum atomic E-state index is -0.210. The van der Waals surface area contributed by atoms with Crippen molar-refractivity contribution < 1.29 is 9.53 Å². The van der Waals surface area contributed by atoms with Crippen LogP contribution in [0.1, 0.15) is 5.56 Å². The number of aromatic nitrogens is 4. The number of tetrazole rings is 1. The summed E-state index contributed by atoms with van der Waals surface area (Å²) >= 11 is 5.82. The normalized spacial score (nSPS) is 10.4. The molecule has 0 aliphatic rings. The molecule has 122 valence electrons. The zero-order chi connectivity index (χ0) is 16.8. The van der Waals surface area contributed by atoms with E-state index in [2.05, 4.69) is 20.8 Å². The lowest BCUT2D eigenvalue weighted by molar-refractivity contribution is -0.123. The number of rotatable bonds is 6. The van der Waals surface area contributed by atoms with Gasteiger partial charge in [0.15, 0.2) is 6.61 Å². The zero-order valence-electron chi connectivity index (χ0n) is 12.6. The maximum atomic E-state index is 11.9. The predicted molar refractivity (Wildman–Crippen MR) is 87.9 cm³/mol. The molecule has 0 aliphatic carbocycles. The Bertz CT molecular complexity index is 806. The van der Waals surface area contributed by atoms with Crippen molar-refractivity contribution in [1.82, 2.24) is 25.5 Å². The predicted octanol–water partition coefficient (Wildman–Crippen LogP) is 2.01. The summed E-state index contributed by atoms with van der Waals surface area (Å²) in [5.41, 5.74) is 1.72. The third-order valence-corrected chi connectivity index (χ3v) is 3.46. The summed E-state index contributed by atoms with van der Waals surface area (Å²) < 4.78 is 7.01. The summed E-state index contributed by atoms with van der Waals surface area (Å²) in [4.78, 5) is 11.9. The molecule has 0 fully saturated rings. The SMILES string of the molecule is O=C(COc1cccc(-n2cnnn2)c1)NCc1ccc(Cl)cc1. The minimum Gasteiger partial charge on any atom is -0.484 e. The van der Waals surface area contributed by atoms with Crippen LogP contribution in [0.3, 0.4) is 0 Å². The van der Waals surface area contributed by atoms with E-state index in [-0.39, 0.29) is 12.5 Å². The fourth-order valence-corrected chi connectivity index (χ4v) is 2.12. The lowest BCUT2D eigenvalue weighted by atomic mass is 10.2. The summed E-state index contributed by atoms with van der Waals surface area (Å²) in [5.74, 6) is 0.349. The van der Waals surface area contributed by atoms with Crippen molar-refractivity contribution >= 4 is 17.5 Å². The van der Waals surface area contributed by atoms with Crippen molar-refractivity contribution in [2.75, 3.05) is 6.61 Å². The Labute approximate surface area is 143 Å². The summed E-state index contributed by atoms with van der Waals surface area (Å²) in [6.07, 6.45) is 1.48. The van der Waals surface area contributed by atoms with Crippen LogP contribution < -0.4 is 10.1 Å². The molecule has 0 spiro atoms. The van der Waals surface area contributed by atoms with Crippen LogP contribution in [0.5, 0.6) is 5.75 Å². The average molecular weight is 344 g/mol. The molecule has 0 radical (unpaired) electrons. The van der Waals surface area contributed by atoms with Gasteiger partial charge in [0.05, 0.1) is 5.69 Å². The van der Waals surface area contributed by atoms with Crippen molar-refractivity contribution in [3.63, 3.8) is 0 Å². The van der Waals surface area contributed by atoms with Crippen molar-refractivity contribution in [2.24, 2.45) is 0 Å². The Kier molecular flexibility index (Phi) is 5.02. The first-order chi connectivity index (χ1) is 11.7. The van der Waals surface area contributed by atoms with Gasteiger partial charge in [0.25, 0.3) is 5.91 Å². The van der Waals surface area contributed by atoms with Crippen molar-refractivity contribution in [1.29, 1.82) is 0 Å². The van der Waals surface area contributed by atoms with Crippen LogP contribution in [-0.4, -0.2) is 32.7 Å². The van der Waals surface area contributed by atoms with Crippen molar-refractivity contribution in [2.45, 2.75) is 6.54 Å². The van der Waals surface area contributed by atoms with E-state index in [0.717, 1.165) is 11.3 Å². The van der Waals surface area contributed by atoms with E-state index < -0.39 is 0 Å². The number of ether oxygens (including phenoxy) is 1. The average Bonchev–Trinajstić information content (AvgIpc) is 3.14. The summed E-state index contributed by atoms with van der Waals surface area (Å²) in [7, 11) is 0. The second-order valence-corrected chi connectivity index (χ2v) is 5.38. The highest BCUT2D eigenvalue weighted by molar-refractivity contribution is 6.30. The summed E-state index contributed by atoms with van der Waals surface area (Å²) in [6, 6.07) is 14.4. The van der Waals surface area contributed by atoms with Gasteiger partial charge in [-0.1, -0.05) is 29.8 Å². The van der Waals surface area contributed by atoms with Crippen molar-refractivity contribution in [3.05, 3.63) is 65.4 Å². The van der Waals surface area contributed by atoms with Crippen LogP contribution in [0.4, 0.5) is 0 Å². The summed E-state index contributed by atoms with van der Waals surface area (Å²) in [5, 5.41) is 14.4. The van der Waals surface area contributed by atoms with Gasteiger partial charge in [-0.3, -0.25) is 4.79 Å². The number of halogens is 1. The van der Waals surface area contributed by atoms with Crippen molar-refractivity contribution in [3.8, 4) is 11.4 Å². The molecule has 0 atom stereocenters. The van der Waals surface area contributed by atoms with E-state index in [1.807, 2.05) is 18.2 Å². The van der Waals surface area contributed by atoms with Crippen LogP contribution in [0.25, 0.3) is 5.69 Å². The second kappa shape index (κ2) is 7.56. The first-order valence-corrected chi connectivity index (χ1v) is 7.56. The van der Waals surface area contributed by atoms with Gasteiger partial charge in [0, 0.05) is 17.6 Å². The lowest BCUT2D eigenvalue weighted by Gasteiger charge is -2.09. The molecular weight excluding hydrogens is 330 g/mol. The molecule has 8 heteroatoms. The standard InChI is InChI=1S/C16H14ClN5O2/c17-13-6-4-12(5-7-13)9-18-16(23)10-24-15-3-1-2-14(8-15)22-11-19-20-21-22/h1-8,11H,9-10H2,(H,18,23). The number of hydrogen-bond donors (Lipinski definition) is 1. The van der Waals surface area contributed by atoms with Gasteiger partial charge in [-0.15, -0.1) is 5.10 Å². The van der Waals surface area contributed by atoms with E-state index in [0.29, 0.717) is 17.3 Å². The minimum absolute atomic E-state index is 0.0767. The quantitative estimate of drug-likeness (QED) is 0.740. The Hall–Kier alpha value is -2.93. The Morgan fingerprint density at radius 2 is 2.04 bits per heavy atom. The lowest BCUT2D eigenvalue weighted by Crippen LogP contribution is -2.28. The van der Waals surface area contributed by atoms with Gasteiger partial charge in [0.2, 0.25) is 0 Å². The van der Waals surface area contributed by atoms with Gasteiger partial charge in [-0.2, -0.15) is 0 Å². The molecule has 0 aliphatic heterocycles. The van der Waals surface area contributed by atoms with Gasteiger partial charge in [-0.05, 0) is 40.3 Å². The Balaban J connectivity index is 1.51. The fourth-order valence-electron chi connectivity index (χ4n) is 2.00. The molecule has 1 amide bonds. The van der Waals surface area contributed by atoms with Crippen LogP contribution in [0.2, 0.25) is 5.02 Å². The molecule has 24 heavy (non-hydrogen) atoms. The van der Waals surface area contributed by atoms with E-state index in [1.54, 1.807) is 30.3 Å². The monoisotopic (exact) mass is 343 g/mol. The molecule has 3 aromatic rings. The van der Waals surface area contributed by atoms with Gasteiger partial charge < -0.3 is 10.1 Å². The zero-order valence-corrected chi connectivity index (χ0v) is 13.3. The molecule has 0 saturated heterocycles. The van der Waals surface area contributed by atoms with E-state index in [9.17, 15) is 4.79 Å². The molecule has 0 unspecified atom stereocenters. The number of carbonyl (C=O) groups is 1. The van der Waals surface area contributed by atoms with Crippen LogP contribution >= 0.6 is 11.6 Å². The number of benzene rings is 2. The highest BCUT2D eigenvalue weighted by Crippen LogP contribution is 2.15. The maximum Gasteiger partial charge on any atom is 0.258 e. The number of amides is 1. The third kappa shape index (κ3) is 4.30. The molecule has 0 saturated carbocycles. The smallest absolute Gasteiger partial charge is 0.258 e. The molecule has 1 heterocycles. The highest BCUT2D eigenvalue weighted by Gasteiger charge is 2.05.